The molecule has 142 valence electrons. The molecule has 0 unspecified atom stereocenters. The van der Waals surface area contributed by atoms with E-state index in [0.717, 1.165) is 4.90 Å². The summed E-state index contributed by atoms with van der Waals surface area (Å²) in [7, 11) is 0. The van der Waals surface area contributed by atoms with E-state index in [0.29, 0.717) is 11.1 Å². The van der Waals surface area contributed by atoms with Gasteiger partial charge in [-0.15, -0.1) is 0 Å². The van der Waals surface area contributed by atoms with Gasteiger partial charge in [0.05, 0.1) is 23.8 Å². The number of hydrogen-bond donors (Lipinski definition) is 0. The summed E-state index contributed by atoms with van der Waals surface area (Å²) in [5.41, 5.74) is 0.629. The molecular weight excluding hydrogens is 354 g/mol. The van der Waals surface area contributed by atoms with Gasteiger partial charge < -0.3 is 18.9 Å². The number of hydrogen-bond acceptors (Lipinski definition) is 7. The van der Waals surface area contributed by atoms with E-state index in [1.807, 2.05) is 0 Å². The van der Waals surface area contributed by atoms with Crippen LogP contribution >= 0.6 is 0 Å². The molecule has 0 radical (unpaired) electrons. The third-order valence-corrected chi connectivity index (χ3v) is 4.59. The van der Waals surface area contributed by atoms with E-state index < -0.39 is 42.0 Å². The molecule has 2 amide bonds. The molecule has 0 aliphatic carbocycles. The summed E-state index contributed by atoms with van der Waals surface area (Å²) in [6.45, 7) is 5.22. The molecule has 0 bridgehead atoms. The fourth-order valence-corrected chi connectivity index (χ4v) is 3.51. The average molecular weight is 373 g/mol. The van der Waals surface area contributed by atoms with Gasteiger partial charge >= 0.3 is 5.97 Å². The number of amides is 2. The Hall–Kier alpha value is -2.71. The number of carbonyl (C=O) groups is 3. The molecule has 0 N–H and O–H groups in total. The van der Waals surface area contributed by atoms with Crippen molar-refractivity contribution >= 4 is 17.8 Å². The smallest absolute Gasteiger partial charge is 0.373 e. The Morgan fingerprint density at radius 2 is 1.78 bits per heavy atom. The van der Waals surface area contributed by atoms with Crippen molar-refractivity contribution < 1.29 is 33.3 Å². The number of ether oxygens (including phenoxy) is 4. The Labute approximate surface area is 155 Å². The predicted octanol–water partition coefficient (Wildman–Crippen LogP) is 1.61. The minimum atomic E-state index is -0.996. The van der Waals surface area contributed by atoms with Gasteiger partial charge in [0, 0.05) is 0 Å². The lowest BCUT2D eigenvalue weighted by Gasteiger charge is -2.34. The van der Waals surface area contributed by atoms with Gasteiger partial charge in [-0.1, -0.05) is 12.1 Å². The zero-order chi connectivity index (χ0) is 19.3. The van der Waals surface area contributed by atoms with Gasteiger partial charge in [0.15, 0.2) is 5.79 Å². The highest BCUT2D eigenvalue weighted by atomic mass is 16.8. The third-order valence-electron chi connectivity index (χ3n) is 4.59. The van der Waals surface area contributed by atoms with Crippen molar-refractivity contribution in [3.63, 3.8) is 0 Å². The van der Waals surface area contributed by atoms with Gasteiger partial charge in [-0.2, -0.15) is 0 Å². The number of imide groups is 1. The molecule has 3 heterocycles. The van der Waals surface area contributed by atoms with Crippen LogP contribution in [0.15, 0.2) is 36.1 Å². The van der Waals surface area contributed by atoms with Gasteiger partial charge in [0.1, 0.15) is 6.10 Å². The van der Waals surface area contributed by atoms with Crippen molar-refractivity contribution in [2.24, 2.45) is 0 Å². The van der Waals surface area contributed by atoms with Crippen LogP contribution in [0.5, 0.6) is 0 Å². The Kier molecular flexibility index (Phi) is 4.05. The van der Waals surface area contributed by atoms with E-state index >= 15 is 0 Å². The molecule has 1 aromatic carbocycles. The van der Waals surface area contributed by atoms with Crippen molar-refractivity contribution in [3.05, 3.63) is 47.2 Å². The molecule has 3 atom stereocenters. The predicted molar refractivity (Wildman–Crippen MR) is 90.4 cm³/mol. The van der Waals surface area contributed by atoms with E-state index in [-0.39, 0.29) is 12.4 Å². The van der Waals surface area contributed by atoms with Crippen molar-refractivity contribution in [3.8, 4) is 0 Å². The van der Waals surface area contributed by atoms with Crippen LogP contribution < -0.4 is 0 Å². The maximum atomic E-state index is 12.9. The topological polar surface area (TPSA) is 91.4 Å². The monoisotopic (exact) mass is 373 g/mol. The molecule has 0 aromatic heterocycles. The van der Waals surface area contributed by atoms with Gasteiger partial charge in [-0.05, 0) is 39.0 Å². The van der Waals surface area contributed by atoms with Crippen molar-refractivity contribution in [2.45, 2.75) is 45.0 Å². The van der Waals surface area contributed by atoms with Gasteiger partial charge in [-0.3, -0.25) is 14.5 Å². The molecule has 0 spiro atoms. The summed E-state index contributed by atoms with van der Waals surface area (Å²) in [5, 5.41) is 0. The lowest BCUT2D eigenvalue weighted by molar-refractivity contribution is -0.185. The van der Waals surface area contributed by atoms with Gasteiger partial charge in [0.2, 0.25) is 12.0 Å². The summed E-state index contributed by atoms with van der Waals surface area (Å²) < 4.78 is 22.2. The normalized spacial score (nSPS) is 28.3. The maximum Gasteiger partial charge on any atom is 0.373 e. The Morgan fingerprint density at radius 3 is 2.37 bits per heavy atom. The molecule has 1 fully saturated rings. The Balaban J connectivity index is 1.74. The standard InChI is InChI=1S/C19H19NO7/c1-4-24-17(23)13-9-12(14-18(25-13)27-19(2,3)26-14)20-15(21)10-7-5-6-8-11(10)16(20)22/h5-9,12,14,18H,4H2,1-3H3/t12-,14-,18-/m0/s1. The summed E-state index contributed by atoms with van der Waals surface area (Å²) in [5.74, 6) is -2.70. The summed E-state index contributed by atoms with van der Waals surface area (Å²) in [6, 6.07) is 5.71. The maximum absolute atomic E-state index is 12.9. The first-order chi connectivity index (χ1) is 12.8. The van der Waals surface area contributed by atoms with Crippen LogP contribution in [0.25, 0.3) is 0 Å². The molecule has 27 heavy (non-hydrogen) atoms. The number of esters is 1. The SMILES string of the molecule is CCOC(=O)C1=C[C@H](N2C(=O)c3ccccc3C2=O)[C@@H]2OC(C)(C)O[C@@H]2O1. The largest absolute Gasteiger partial charge is 0.460 e. The number of nitrogens with zero attached hydrogens (tertiary/aromatic N) is 1. The molecule has 4 rings (SSSR count). The Morgan fingerprint density at radius 1 is 1.15 bits per heavy atom. The second kappa shape index (κ2) is 6.17. The first-order valence-electron chi connectivity index (χ1n) is 8.70. The van der Waals surface area contributed by atoms with E-state index in [1.54, 1.807) is 45.0 Å². The fourth-order valence-electron chi connectivity index (χ4n) is 3.51. The molecule has 0 saturated carbocycles. The summed E-state index contributed by atoms with van der Waals surface area (Å²) in [6.07, 6.45) is -0.315. The second-order valence-corrected chi connectivity index (χ2v) is 6.85. The van der Waals surface area contributed by atoms with Crippen LogP contribution in [0.1, 0.15) is 41.5 Å². The molecular formula is C19H19NO7. The molecule has 1 aromatic rings. The lowest BCUT2D eigenvalue weighted by atomic mass is 10.0. The minimum absolute atomic E-state index is 0.110. The zero-order valence-corrected chi connectivity index (χ0v) is 15.1. The van der Waals surface area contributed by atoms with Crippen LogP contribution in [0.2, 0.25) is 0 Å². The van der Waals surface area contributed by atoms with Gasteiger partial charge in [0.25, 0.3) is 11.8 Å². The summed E-state index contributed by atoms with van der Waals surface area (Å²) in [4.78, 5) is 39.0. The van der Waals surface area contributed by atoms with Crippen molar-refractivity contribution in [1.82, 2.24) is 4.90 Å². The number of rotatable bonds is 3. The molecule has 8 heteroatoms. The van der Waals surface area contributed by atoms with E-state index in [9.17, 15) is 14.4 Å². The van der Waals surface area contributed by atoms with Crippen LogP contribution in [0.3, 0.4) is 0 Å². The lowest BCUT2D eigenvalue weighted by Crippen LogP contribution is -2.52. The molecule has 3 aliphatic rings. The number of fused-ring (bicyclic) bond motifs is 2. The molecule has 1 saturated heterocycles. The summed E-state index contributed by atoms with van der Waals surface area (Å²) >= 11 is 0. The minimum Gasteiger partial charge on any atom is -0.460 e. The van der Waals surface area contributed by atoms with E-state index in [1.165, 1.54) is 6.08 Å². The third kappa shape index (κ3) is 2.81. The number of benzene rings is 1. The van der Waals surface area contributed by atoms with Crippen LogP contribution in [-0.4, -0.2) is 53.5 Å². The highest BCUT2D eigenvalue weighted by Gasteiger charge is 2.54. The number of carbonyl (C=O) groups excluding carboxylic acids is 3. The van der Waals surface area contributed by atoms with E-state index in [4.69, 9.17) is 18.9 Å². The first-order valence-corrected chi connectivity index (χ1v) is 8.70. The van der Waals surface area contributed by atoms with Gasteiger partial charge in [-0.25, -0.2) is 4.79 Å². The molecule has 3 aliphatic heterocycles. The average Bonchev–Trinajstić information content (AvgIpc) is 3.07. The van der Waals surface area contributed by atoms with E-state index in [2.05, 4.69) is 0 Å². The fraction of sp³-hybridized carbons (Fsp3) is 0.421. The first kappa shape index (κ1) is 17.7. The highest BCUT2D eigenvalue weighted by Crippen LogP contribution is 2.39. The quantitative estimate of drug-likeness (QED) is 0.587. The van der Waals surface area contributed by atoms with Crippen LogP contribution in [-0.2, 0) is 23.7 Å². The highest BCUT2D eigenvalue weighted by molar-refractivity contribution is 6.21. The molecule has 8 nitrogen and oxygen atoms in total. The van der Waals surface area contributed by atoms with Crippen molar-refractivity contribution in [1.29, 1.82) is 0 Å². The van der Waals surface area contributed by atoms with Crippen LogP contribution in [0, 0.1) is 0 Å². The van der Waals surface area contributed by atoms with Crippen molar-refractivity contribution in [2.75, 3.05) is 6.61 Å². The second-order valence-electron chi connectivity index (χ2n) is 6.85. The van der Waals surface area contributed by atoms with Crippen LogP contribution in [0.4, 0.5) is 0 Å². The zero-order valence-electron chi connectivity index (χ0n) is 15.1. The Bertz CT molecular complexity index is 824.